The van der Waals surface area contributed by atoms with Gasteiger partial charge in [-0.1, -0.05) is 18.2 Å². The number of nitrogens with zero attached hydrogens (tertiary/aromatic N) is 1. The Balaban J connectivity index is 1.54. The number of ether oxygens (including phenoxy) is 1. The molecule has 0 fully saturated rings. The van der Waals surface area contributed by atoms with Gasteiger partial charge in [0.25, 0.3) is 23.6 Å². The first kappa shape index (κ1) is 21.2. The molecule has 30 heavy (non-hydrogen) atoms. The lowest BCUT2D eigenvalue weighted by Crippen LogP contribution is -2.34. The van der Waals surface area contributed by atoms with E-state index in [0.29, 0.717) is 24.2 Å². The van der Waals surface area contributed by atoms with Crippen LogP contribution in [0.1, 0.15) is 47.9 Å². The predicted molar refractivity (Wildman–Crippen MR) is 109 cm³/mol. The minimum Gasteiger partial charge on any atom is -0.385 e. The molecule has 2 aromatic carbocycles. The highest BCUT2D eigenvalue weighted by molar-refractivity contribution is 6.22. The van der Waals surface area contributed by atoms with Crippen molar-refractivity contribution in [3.05, 3.63) is 70.8 Å². The van der Waals surface area contributed by atoms with E-state index in [1.807, 2.05) is 6.07 Å². The first-order chi connectivity index (χ1) is 14.5. The summed E-state index contributed by atoms with van der Waals surface area (Å²) in [5.74, 6) is -1.37. The van der Waals surface area contributed by atoms with Gasteiger partial charge in [0.1, 0.15) is 0 Å². The molecular formula is C22H23N3O5. The highest BCUT2D eigenvalue weighted by atomic mass is 16.5. The van der Waals surface area contributed by atoms with Crippen LogP contribution in [0.25, 0.3) is 0 Å². The van der Waals surface area contributed by atoms with Crippen LogP contribution in [0.5, 0.6) is 0 Å². The average molecular weight is 409 g/mol. The van der Waals surface area contributed by atoms with Gasteiger partial charge in [-0.15, -0.1) is 0 Å². The average Bonchev–Trinajstić information content (AvgIpc) is 3.01. The molecule has 0 atom stereocenters. The number of imide groups is 1. The lowest BCUT2D eigenvalue weighted by molar-refractivity contribution is 0.0638. The summed E-state index contributed by atoms with van der Waals surface area (Å²) < 4.78 is 4.96. The summed E-state index contributed by atoms with van der Waals surface area (Å²) in [5, 5.41) is 5.42. The zero-order chi connectivity index (χ0) is 21.5. The topological polar surface area (TPSA) is 105 Å². The number of fused-ring (bicyclic) bond motifs is 1. The molecule has 0 saturated heterocycles. The summed E-state index contributed by atoms with van der Waals surface area (Å²) in [6, 6.07) is 13.2. The highest BCUT2D eigenvalue weighted by Crippen LogP contribution is 2.24. The van der Waals surface area contributed by atoms with Crippen molar-refractivity contribution in [2.24, 2.45) is 0 Å². The van der Waals surface area contributed by atoms with Gasteiger partial charge >= 0.3 is 0 Å². The van der Waals surface area contributed by atoms with Crippen molar-refractivity contribution in [2.75, 3.05) is 33.4 Å². The Morgan fingerprint density at radius 1 is 0.867 bits per heavy atom. The number of hydrogen-bond donors (Lipinski definition) is 2. The Morgan fingerprint density at radius 2 is 1.50 bits per heavy atom. The van der Waals surface area contributed by atoms with Crippen molar-refractivity contribution in [1.82, 2.24) is 15.5 Å². The lowest BCUT2D eigenvalue weighted by Gasteiger charge is -2.12. The maximum Gasteiger partial charge on any atom is 0.261 e. The molecule has 1 aliphatic rings. The van der Waals surface area contributed by atoms with Crippen LogP contribution in [-0.4, -0.2) is 61.9 Å². The van der Waals surface area contributed by atoms with E-state index < -0.39 is 5.91 Å². The molecule has 0 unspecified atom stereocenters. The Morgan fingerprint density at radius 3 is 2.17 bits per heavy atom. The third-order valence-corrected chi connectivity index (χ3v) is 4.70. The molecule has 1 aliphatic heterocycles. The second-order valence-electron chi connectivity index (χ2n) is 6.75. The molecule has 2 aromatic rings. The van der Waals surface area contributed by atoms with Crippen LogP contribution in [0.3, 0.4) is 0 Å². The summed E-state index contributed by atoms with van der Waals surface area (Å²) in [6.07, 6.45) is 0.546. The van der Waals surface area contributed by atoms with Gasteiger partial charge in [-0.05, 0) is 36.8 Å². The molecule has 2 N–H and O–H groups in total. The Kier molecular flexibility index (Phi) is 6.92. The molecule has 8 nitrogen and oxygen atoms in total. The van der Waals surface area contributed by atoms with Crippen molar-refractivity contribution in [2.45, 2.75) is 6.42 Å². The SMILES string of the molecule is COCCCN1C(=O)c2ccc(C(=O)NCCNC(=O)c3ccccc3)cc2C1=O. The first-order valence-electron chi connectivity index (χ1n) is 9.63. The monoisotopic (exact) mass is 409 g/mol. The van der Waals surface area contributed by atoms with Gasteiger partial charge in [0.05, 0.1) is 11.1 Å². The van der Waals surface area contributed by atoms with E-state index in [0.717, 1.165) is 0 Å². The first-order valence-corrected chi connectivity index (χ1v) is 9.63. The van der Waals surface area contributed by atoms with Crippen molar-refractivity contribution >= 4 is 23.6 Å². The minimum atomic E-state index is -0.407. The van der Waals surface area contributed by atoms with Crippen molar-refractivity contribution in [3.63, 3.8) is 0 Å². The number of amides is 4. The molecule has 8 heteroatoms. The number of hydrogen-bond acceptors (Lipinski definition) is 5. The summed E-state index contributed by atoms with van der Waals surface area (Å²) in [5.41, 5.74) is 1.34. The molecule has 0 saturated carbocycles. The molecule has 156 valence electrons. The van der Waals surface area contributed by atoms with E-state index in [-0.39, 0.29) is 48.5 Å². The van der Waals surface area contributed by atoms with Gasteiger partial charge < -0.3 is 15.4 Å². The summed E-state index contributed by atoms with van der Waals surface area (Å²) in [4.78, 5) is 50.5. The number of rotatable bonds is 9. The van der Waals surface area contributed by atoms with Crippen molar-refractivity contribution in [1.29, 1.82) is 0 Å². The number of benzene rings is 2. The largest absolute Gasteiger partial charge is 0.385 e. The van der Waals surface area contributed by atoms with Crippen LogP contribution in [-0.2, 0) is 4.74 Å². The standard InChI is InChI=1S/C22H23N3O5/c1-30-13-5-12-25-21(28)17-9-8-16(14-18(17)22(25)29)20(27)24-11-10-23-19(26)15-6-3-2-4-7-15/h2-4,6-9,14H,5,10-13H2,1H3,(H,23,26)(H,24,27). The molecule has 0 spiro atoms. The molecule has 1 heterocycles. The molecule has 4 amide bonds. The fraction of sp³-hybridized carbons (Fsp3) is 0.273. The number of carbonyl (C=O) groups excluding carboxylic acids is 4. The number of nitrogens with one attached hydrogen (secondary N) is 2. The molecular weight excluding hydrogens is 386 g/mol. The summed E-state index contributed by atoms with van der Waals surface area (Å²) >= 11 is 0. The lowest BCUT2D eigenvalue weighted by atomic mass is 10.1. The van der Waals surface area contributed by atoms with Crippen molar-refractivity contribution in [3.8, 4) is 0 Å². The third-order valence-electron chi connectivity index (χ3n) is 4.70. The van der Waals surface area contributed by atoms with Gasteiger partial charge in [-0.2, -0.15) is 0 Å². The highest BCUT2D eigenvalue weighted by Gasteiger charge is 2.35. The van der Waals surface area contributed by atoms with Crippen LogP contribution in [0.4, 0.5) is 0 Å². The fourth-order valence-electron chi connectivity index (χ4n) is 3.15. The predicted octanol–water partition coefficient (Wildman–Crippen LogP) is 1.48. The van der Waals surface area contributed by atoms with E-state index >= 15 is 0 Å². The van der Waals surface area contributed by atoms with E-state index in [1.165, 1.54) is 23.1 Å². The molecule has 0 bridgehead atoms. The third kappa shape index (κ3) is 4.72. The maximum atomic E-state index is 12.5. The summed E-state index contributed by atoms with van der Waals surface area (Å²) in [6.45, 7) is 1.20. The smallest absolute Gasteiger partial charge is 0.261 e. The zero-order valence-electron chi connectivity index (χ0n) is 16.6. The van der Waals surface area contributed by atoms with Gasteiger partial charge in [0.2, 0.25) is 0 Å². The zero-order valence-corrected chi connectivity index (χ0v) is 16.6. The fourth-order valence-corrected chi connectivity index (χ4v) is 3.15. The molecule has 0 aliphatic carbocycles. The normalized spacial score (nSPS) is 12.6. The van der Waals surface area contributed by atoms with Crippen molar-refractivity contribution < 1.29 is 23.9 Å². The Labute approximate surface area is 174 Å². The Bertz CT molecular complexity index is 959. The van der Waals surface area contributed by atoms with E-state index in [4.69, 9.17) is 4.74 Å². The number of methoxy groups -OCH3 is 1. The van der Waals surface area contributed by atoms with E-state index in [9.17, 15) is 19.2 Å². The second-order valence-corrected chi connectivity index (χ2v) is 6.75. The number of carbonyl (C=O) groups is 4. The molecule has 0 radical (unpaired) electrons. The van der Waals surface area contributed by atoms with E-state index in [2.05, 4.69) is 10.6 Å². The van der Waals surface area contributed by atoms with Crippen LogP contribution in [0, 0.1) is 0 Å². The second kappa shape index (κ2) is 9.80. The minimum absolute atomic E-state index is 0.222. The van der Waals surface area contributed by atoms with Crippen LogP contribution in [0.15, 0.2) is 48.5 Å². The maximum absolute atomic E-state index is 12.5. The van der Waals surface area contributed by atoms with Gasteiger partial charge in [-0.3, -0.25) is 24.1 Å². The van der Waals surface area contributed by atoms with Crippen LogP contribution in [0.2, 0.25) is 0 Å². The molecule has 0 aromatic heterocycles. The summed E-state index contributed by atoms with van der Waals surface area (Å²) in [7, 11) is 1.56. The Hall–Kier alpha value is -3.52. The molecule has 3 rings (SSSR count). The quantitative estimate of drug-likeness (QED) is 0.482. The van der Waals surface area contributed by atoms with Crippen LogP contribution >= 0.6 is 0 Å². The van der Waals surface area contributed by atoms with Gasteiger partial charge in [-0.25, -0.2) is 0 Å². The van der Waals surface area contributed by atoms with Gasteiger partial charge in [0.15, 0.2) is 0 Å². The van der Waals surface area contributed by atoms with Gasteiger partial charge in [0, 0.05) is 44.5 Å². The van der Waals surface area contributed by atoms with Crippen LogP contribution < -0.4 is 10.6 Å². The van der Waals surface area contributed by atoms with E-state index in [1.54, 1.807) is 31.4 Å².